The van der Waals surface area contributed by atoms with Crippen molar-refractivity contribution >= 4 is 5.97 Å². The normalized spacial score (nSPS) is 15.2. The average molecular weight is 202 g/mol. The number of rotatable bonds is 0. The van der Waals surface area contributed by atoms with Crippen LogP contribution in [-0.2, 0) is 17.5 Å². The maximum atomic E-state index is 12.2. The van der Waals surface area contributed by atoms with Crippen LogP contribution in [-0.4, -0.2) is 5.97 Å². The molecule has 2 nitrogen and oxygen atoms in total. The van der Waals surface area contributed by atoms with Gasteiger partial charge in [-0.1, -0.05) is 6.07 Å². The fraction of sp³-hybridized carbons (Fsp3) is 0.222. The standard InChI is InChI=1S/C9H5F3O2/c10-9(11,12)6-2-1-5-4-14-8(13)7(5)3-6/h1-3H,4H2. The highest BCUT2D eigenvalue weighted by Crippen LogP contribution is 2.32. The van der Waals surface area contributed by atoms with Gasteiger partial charge in [-0.2, -0.15) is 13.2 Å². The summed E-state index contributed by atoms with van der Waals surface area (Å²) in [6.07, 6.45) is -4.42. The van der Waals surface area contributed by atoms with E-state index in [9.17, 15) is 18.0 Å². The summed E-state index contributed by atoms with van der Waals surface area (Å²) in [5.74, 6) is -0.689. The van der Waals surface area contributed by atoms with Crippen molar-refractivity contribution in [3.8, 4) is 0 Å². The number of carbonyl (C=O) groups is 1. The predicted molar refractivity (Wildman–Crippen MR) is 40.6 cm³/mol. The zero-order chi connectivity index (χ0) is 10.3. The number of carbonyl (C=O) groups excluding carboxylic acids is 1. The highest BCUT2D eigenvalue weighted by molar-refractivity contribution is 5.93. The summed E-state index contributed by atoms with van der Waals surface area (Å²) in [4.78, 5) is 11.0. The third-order valence-electron chi connectivity index (χ3n) is 2.02. The van der Waals surface area contributed by atoms with Gasteiger partial charge in [0.05, 0.1) is 11.1 Å². The van der Waals surface area contributed by atoms with Gasteiger partial charge in [0.25, 0.3) is 0 Å². The molecule has 0 fully saturated rings. The molecule has 1 aromatic carbocycles. The number of hydrogen-bond donors (Lipinski definition) is 0. The molecule has 0 amide bonds. The summed E-state index contributed by atoms with van der Waals surface area (Å²) in [6, 6.07) is 3.04. The summed E-state index contributed by atoms with van der Waals surface area (Å²) in [5.41, 5.74) is -0.307. The van der Waals surface area contributed by atoms with Crippen molar-refractivity contribution in [3.05, 3.63) is 34.9 Å². The van der Waals surface area contributed by atoms with E-state index in [1.165, 1.54) is 6.07 Å². The highest BCUT2D eigenvalue weighted by Gasteiger charge is 2.33. The van der Waals surface area contributed by atoms with Crippen LogP contribution < -0.4 is 0 Å². The molecule has 14 heavy (non-hydrogen) atoms. The van der Waals surface area contributed by atoms with Gasteiger partial charge in [-0.05, 0) is 12.1 Å². The minimum atomic E-state index is -4.42. The number of esters is 1. The lowest BCUT2D eigenvalue weighted by atomic mass is 10.1. The molecule has 0 saturated heterocycles. The van der Waals surface area contributed by atoms with E-state index in [4.69, 9.17) is 0 Å². The molecule has 0 saturated carbocycles. The van der Waals surface area contributed by atoms with Gasteiger partial charge in [0.1, 0.15) is 6.61 Å². The molecule has 0 unspecified atom stereocenters. The molecule has 1 aromatic rings. The van der Waals surface area contributed by atoms with Gasteiger partial charge in [-0.15, -0.1) is 0 Å². The largest absolute Gasteiger partial charge is 0.457 e. The lowest BCUT2D eigenvalue weighted by molar-refractivity contribution is -0.137. The zero-order valence-corrected chi connectivity index (χ0v) is 6.89. The summed E-state index contributed by atoms with van der Waals surface area (Å²) in [7, 11) is 0. The van der Waals surface area contributed by atoms with E-state index in [2.05, 4.69) is 4.74 Å². The highest BCUT2D eigenvalue weighted by atomic mass is 19.4. The number of halogens is 3. The second-order valence-electron chi connectivity index (χ2n) is 2.95. The van der Waals surface area contributed by atoms with Crippen molar-refractivity contribution in [3.63, 3.8) is 0 Å². The molecule has 5 heteroatoms. The van der Waals surface area contributed by atoms with Crippen LogP contribution in [0.3, 0.4) is 0 Å². The van der Waals surface area contributed by atoms with Crippen molar-refractivity contribution < 1.29 is 22.7 Å². The van der Waals surface area contributed by atoms with E-state index < -0.39 is 17.7 Å². The number of ether oxygens (including phenoxy) is 1. The van der Waals surface area contributed by atoms with Crippen molar-refractivity contribution in [2.45, 2.75) is 12.8 Å². The smallest absolute Gasteiger partial charge is 0.416 e. The SMILES string of the molecule is O=C1OCc2ccc(C(F)(F)F)cc21. The summed E-state index contributed by atoms with van der Waals surface area (Å²) < 4.78 is 41.3. The van der Waals surface area contributed by atoms with E-state index in [1.54, 1.807) is 0 Å². The molecule has 1 heterocycles. The van der Waals surface area contributed by atoms with Crippen LogP contribution in [0.2, 0.25) is 0 Å². The van der Waals surface area contributed by atoms with Crippen LogP contribution in [0.4, 0.5) is 13.2 Å². The van der Waals surface area contributed by atoms with Gasteiger partial charge >= 0.3 is 12.1 Å². The maximum absolute atomic E-state index is 12.2. The van der Waals surface area contributed by atoms with E-state index in [0.717, 1.165) is 12.1 Å². The van der Waals surface area contributed by atoms with Gasteiger partial charge in [0.15, 0.2) is 0 Å². The molecule has 0 N–H and O–H groups in total. The number of alkyl halides is 3. The van der Waals surface area contributed by atoms with Gasteiger partial charge in [-0.25, -0.2) is 4.79 Å². The fourth-order valence-electron chi connectivity index (χ4n) is 1.29. The molecule has 0 spiro atoms. The Balaban J connectivity index is 2.50. The molecule has 0 radical (unpaired) electrons. The monoisotopic (exact) mass is 202 g/mol. The summed E-state index contributed by atoms with van der Waals surface area (Å²) >= 11 is 0. The van der Waals surface area contributed by atoms with Gasteiger partial charge in [0, 0.05) is 5.56 Å². The van der Waals surface area contributed by atoms with Gasteiger partial charge in [0.2, 0.25) is 0 Å². The fourth-order valence-corrected chi connectivity index (χ4v) is 1.29. The molecule has 1 aliphatic rings. The number of hydrogen-bond acceptors (Lipinski definition) is 2. The van der Waals surface area contributed by atoms with E-state index >= 15 is 0 Å². The summed E-state index contributed by atoms with van der Waals surface area (Å²) in [5, 5.41) is 0. The van der Waals surface area contributed by atoms with Crippen molar-refractivity contribution in [2.24, 2.45) is 0 Å². The molecule has 0 aliphatic carbocycles. The quantitative estimate of drug-likeness (QED) is 0.603. The molecule has 74 valence electrons. The van der Waals surface area contributed by atoms with Crippen LogP contribution in [0.5, 0.6) is 0 Å². The second-order valence-corrected chi connectivity index (χ2v) is 2.95. The minimum absolute atomic E-state index is 0.0137. The number of benzene rings is 1. The molecular weight excluding hydrogens is 197 g/mol. The Labute approximate surface area is 77.3 Å². The molecule has 2 rings (SSSR count). The van der Waals surface area contributed by atoms with E-state index in [-0.39, 0.29) is 12.2 Å². The van der Waals surface area contributed by atoms with Crippen LogP contribution in [0.25, 0.3) is 0 Å². The van der Waals surface area contributed by atoms with Crippen LogP contribution in [0, 0.1) is 0 Å². The zero-order valence-electron chi connectivity index (χ0n) is 6.89. The molecule has 0 bridgehead atoms. The van der Waals surface area contributed by atoms with Gasteiger partial charge < -0.3 is 4.74 Å². The molecular formula is C9H5F3O2. The van der Waals surface area contributed by atoms with Gasteiger partial charge in [-0.3, -0.25) is 0 Å². The third kappa shape index (κ3) is 1.34. The second kappa shape index (κ2) is 2.73. The molecule has 0 aromatic heterocycles. The van der Waals surface area contributed by atoms with E-state index in [1.807, 2.05) is 0 Å². The first-order valence-corrected chi connectivity index (χ1v) is 3.86. The first kappa shape index (κ1) is 9.05. The Bertz CT molecular complexity index is 396. The first-order chi connectivity index (χ1) is 6.48. The van der Waals surface area contributed by atoms with Crippen LogP contribution >= 0.6 is 0 Å². The lowest BCUT2D eigenvalue weighted by Crippen LogP contribution is -2.06. The molecule has 1 aliphatic heterocycles. The average Bonchev–Trinajstić information content (AvgIpc) is 2.46. The van der Waals surface area contributed by atoms with Crippen LogP contribution in [0.15, 0.2) is 18.2 Å². The molecule has 0 atom stereocenters. The maximum Gasteiger partial charge on any atom is 0.416 e. The van der Waals surface area contributed by atoms with Crippen LogP contribution in [0.1, 0.15) is 21.5 Å². The van der Waals surface area contributed by atoms with E-state index in [0.29, 0.717) is 5.56 Å². The first-order valence-electron chi connectivity index (χ1n) is 3.86. The Hall–Kier alpha value is -1.52. The Morgan fingerprint density at radius 3 is 2.64 bits per heavy atom. The Morgan fingerprint density at radius 1 is 1.29 bits per heavy atom. The van der Waals surface area contributed by atoms with Crippen molar-refractivity contribution in [1.82, 2.24) is 0 Å². The minimum Gasteiger partial charge on any atom is -0.457 e. The van der Waals surface area contributed by atoms with Crippen molar-refractivity contribution in [1.29, 1.82) is 0 Å². The predicted octanol–water partition coefficient (Wildman–Crippen LogP) is 2.38. The van der Waals surface area contributed by atoms with Crippen molar-refractivity contribution in [2.75, 3.05) is 0 Å². The number of fused-ring (bicyclic) bond motifs is 1. The Morgan fingerprint density at radius 2 is 2.00 bits per heavy atom. The summed E-state index contributed by atoms with van der Waals surface area (Å²) in [6.45, 7) is 0.0618. The third-order valence-corrected chi connectivity index (χ3v) is 2.02. The lowest BCUT2D eigenvalue weighted by Gasteiger charge is -2.06. The number of cyclic esters (lactones) is 1. The topological polar surface area (TPSA) is 26.3 Å². The Kier molecular flexibility index (Phi) is 1.77.